The van der Waals surface area contributed by atoms with Crippen molar-refractivity contribution in [3.8, 4) is 0 Å². The van der Waals surface area contributed by atoms with Gasteiger partial charge >= 0.3 is 0 Å². The minimum Gasteiger partial charge on any atom is -0.147 e. The van der Waals surface area contributed by atoms with Gasteiger partial charge in [0.25, 0.3) is 0 Å². The van der Waals surface area contributed by atoms with Crippen LogP contribution >= 0.6 is 12.4 Å². The molecule has 1 heteroatoms. The summed E-state index contributed by atoms with van der Waals surface area (Å²) in [7, 11) is 0. The molecule has 0 aromatic heterocycles. The van der Waals surface area contributed by atoms with Gasteiger partial charge in [-0.2, -0.15) is 0 Å². The van der Waals surface area contributed by atoms with E-state index in [0.717, 1.165) is 0 Å². The van der Waals surface area contributed by atoms with Crippen molar-refractivity contribution in [2.24, 2.45) is 0 Å². The van der Waals surface area contributed by atoms with Gasteiger partial charge in [0.1, 0.15) is 12.2 Å². The van der Waals surface area contributed by atoms with Gasteiger partial charge in [0.15, 0.2) is 0 Å². The summed E-state index contributed by atoms with van der Waals surface area (Å²) in [6.45, 7) is 0. The number of halogens is 1. The molecule has 1 rings (SSSR count). The average Bonchev–Trinajstić information content (AvgIpc) is 1.72. The monoisotopic (exact) mass is 113 g/mol. The van der Waals surface area contributed by atoms with E-state index in [9.17, 15) is 0 Å². The van der Waals surface area contributed by atoms with E-state index >= 15 is 0 Å². The minimum absolute atomic E-state index is 0. The standard InChI is InChI=1S/C6H5.ClH/c1-2-4-6-5-3-1;/h1-5H;1H/q+1;. The Bertz CT molecular complexity index is 73.6. The molecule has 0 aromatic rings. The molecule has 1 aliphatic rings. The maximum Gasteiger partial charge on any atom is 0.103 e. The highest BCUT2D eigenvalue weighted by Crippen LogP contribution is 1.85. The van der Waals surface area contributed by atoms with Gasteiger partial charge in [-0.05, 0) is 0 Å². The van der Waals surface area contributed by atoms with Crippen LogP contribution in [0.15, 0.2) is 30.4 Å². The van der Waals surface area contributed by atoms with E-state index in [1.54, 1.807) is 0 Å². The summed E-state index contributed by atoms with van der Waals surface area (Å²) < 4.78 is 0. The van der Waals surface area contributed by atoms with Crippen LogP contribution in [0.1, 0.15) is 0 Å². The van der Waals surface area contributed by atoms with Gasteiger partial charge in [0.2, 0.25) is 0 Å². The summed E-state index contributed by atoms with van der Waals surface area (Å²) in [6.07, 6.45) is 12.5. The van der Waals surface area contributed by atoms with Crippen LogP contribution in [0.2, 0.25) is 0 Å². The molecule has 0 amide bonds. The van der Waals surface area contributed by atoms with Gasteiger partial charge in [-0.1, -0.05) is 0 Å². The van der Waals surface area contributed by atoms with Crippen LogP contribution < -0.4 is 0 Å². The summed E-state index contributed by atoms with van der Waals surface area (Å²) in [5, 5.41) is 0. The van der Waals surface area contributed by atoms with E-state index in [1.807, 2.05) is 30.4 Å². The van der Waals surface area contributed by atoms with Gasteiger partial charge in [-0.25, -0.2) is 0 Å². The Morgan fingerprint density at radius 1 is 1.00 bits per heavy atom. The maximum absolute atomic E-state index is 2.89. The Hall–Kier alpha value is -0.580. The smallest absolute Gasteiger partial charge is 0.103 e. The summed E-state index contributed by atoms with van der Waals surface area (Å²) in [6, 6.07) is 0. The normalized spacial score (nSPS) is 12.6. The average molecular weight is 114 g/mol. The first kappa shape index (κ1) is 6.42. The first-order valence-corrected chi connectivity index (χ1v) is 1.91. The molecule has 0 saturated carbocycles. The van der Waals surface area contributed by atoms with Gasteiger partial charge in [0.05, 0.1) is 0 Å². The number of hydrogen-bond donors (Lipinski definition) is 0. The SMILES string of the molecule is Cl.[C+]1=CC=CC=C1. The molecular weight excluding hydrogens is 108 g/mol. The highest BCUT2D eigenvalue weighted by Gasteiger charge is 1.78. The van der Waals surface area contributed by atoms with Crippen LogP contribution in [0.5, 0.6) is 0 Å². The molecule has 0 saturated heterocycles. The van der Waals surface area contributed by atoms with E-state index in [4.69, 9.17) is 0 Å². The molecular formula is C6H6Cl+. The van der Waals surface area contributed by atoms with Gasteiger partial charge in [-0.3, -0.25) is 0 Å². The quantitative estimate of drug-likeness (QED) is 0.421. The van der Waals surface area contributed by atoms with Crippen LogP contribution in [-0.2, 0) is 0 Å². The first-order chi connectivity index (χ1) is 3.00. The molecule has 1 aliphatic carbocycles. The Kier molecular flexibility index (Phi) is 3.31. The molecule has 0 bridgehead atoms. The molecule has 0 radical (unpaired) electrons. The molecule has 0 heterocycles. The third kappa shape index (κ3) is 2.16. The van der Waals surface area contributed by atoms with Crippen molar-refractivity contribution >= 4 is 12.4 Å². The second-order valence-electron chi connectivity index (χ2n) is 1.08. The largest absolute Gasteiger partial charge is 0.147 e. The van der Waals surface area contributed by atoms with Crippen molar-refractivity contribution in [1.29, 1.82) is 0 Å². The molecule has 0 unspecified atom stereocenters. The fourth-order valence-electron chi connectivity index (χ4n) is 0.342. The zero-order valence-corrected chi connectivity index (χ0v) is 4.61. The lowest BCUT2D eigenvalue weighted by molar-refractivity contribution is 1.75. The van der Waals surface area contributed by atoms with Crippen LogP contribution in [0.4, 0.5) is 0 Å². The van der Waals surface area contributed by atoms with Crippen LogP contribution in [-0.4, -0.2) is 0 Å². The van der Waals surface area contributed by atoms with E-state index < -0.39 is 0 Å². The second kappa shape index (κ2) is 3.60. The van der Waals surface area contributed by atoms with Gasteiger partial charge in [-0.15, -0.1) is 12.4 Å². The van der Waals surface area contributed by atoms with Crippen molar-refractivity contribution in [2.75, 3.05) is 0 Å². The second-order valence-corrected chi connectivity index (χ2v) is 1.08. The third-order valence-corrected chi connectivity index (χ3v) is 0.607. The van der Waals surface area contributed by atoms with E-state index in [1.165, 1.54) is 0 Å². The number of allylic oxidation sites excluding steroid dienone is 6. The van der Waals surface area contributed by atoms with Crippen molar-refractivity contribution in [2.45, 2.75) is 0 Å². The first-order valence-electron chi connectivity index (χ1n) is 1.91. The topological polar surface area (TPSA) is 0 Å². The fraction of sp³-hybridized carbons (Fsp3) is 0. The Morgan fingerprint density at radius 3 is 2.00 bits per heavy atom. The van der Waals surface area contributed by atoms with Crippen LogP contribution in [0.3, 0.4) is 0 Å². The molecule has 0 aromatic carbocycles. The molecule has 36 valence electrons. The summed E-state index contributed by atoms with van der Waals surface area (Å²) >= 11 is 0. The molecule has 0 aliphatic heterocycles. The van der Waals surface area contributed by atoms with Gasteiger partial charge in [0, 0.05) is 24.3 Å². The third-order valence-electron chi connectivity index (χ3n) is 0.607. The van der Waals surface area contributed by atoms with Crippen molar-refractivity contribution < 1.29 is 0 Å². The van der Waals surface area contributed by atoms with Crippen molar-refractivity contribution in [3.05, 3.63) is 36.5 Å². The Labute approximate surface area is 49.6 Å². The summed E-state index contributed by atoms with van der Waals surface area (Å²) in [5.41, 5.74) is 0. The van der Waals surface area contributed by atoms with E-state index in [2.05, 4.69) is 6.08 Å². The molecule has 0 spiro atoms. The maximum atomic E-state index is 2.89. The lowest BCUT2D eigenvalue weighted by Gasteiger charge is -1.64. The molecule has 0 fully saturated rings. The summed E-state index contributed by atoms with van der Waals surface area (Å²) in [4.78, 5) is 0. The van der Waals surface area contributed by atoms with Gasteiger partial charge < -0.3 is 0 Å². The summed E-state index contributed by atoms with van der Waals surface area (Å²) in [5.74, 6) is 0. The van der Waals surface area contributed by atoms with E-state index in [-0.39, 0.29) is 12.4 Å². The lowest BCUT2D eigenvalue weighted by Crippen LogP contribution is -1.56. The zero-order valence-electron chi connectivity index (χ0n) is 3.79. The predicted octanol–water partition coefficient (Wildman–Crippen LogP) is 1.89. The van der Waals surface area contributed by atoms with Crippen LogP contribution in [0, 0.1) is 6.08 Å². The molecule has 0 nitrogen and oxygen atoms in total. The number of rotatable bonds is 0. The Balaban J connectivity index is 0.000000360. The zero-order chi connectivity index (χ0) is 4.24. The highest BCUT2D eigenvalue weighted by atomic mass is 35.5. The molecule has 0 atom stereocenters. The minimum atomic E-state index is 0. The predicted molar refractivity (Wildman–Crippen MR) is 33.3 cm³/mol. The highest BCUT2D eigenvalue weighted by molar-refractivity contribution is 5.85. The Morgan fingerprint density at radius 2 is 1.86 bits per heavy atom. The van der Waals surface area contributed by atoms with Crippen molar-refractivity contribution in [3.63, 3.8) is 0 Å². The fourth-order valence-corrected chi connectivity index (χ4v) is 0.342. The van der Waals surface area contributed by atoms with Crippen molar-refractivity contribution in [1.82, 2.24) is 0 Å². The number of hydrogen-bond acceptors (Lipinski definition) is 0. The lowest BCUT2D eigenvalue weighted by atomic mass is 10.3. The van der Waals surface area contributed by atoms with E-state index in [0.29, 0.717) is 0 Å². The van der Waals surface area contributed by atoms with Crippen LogP contribution in [0.25, 0.3) is 0 Å². The molecule has 7 heavy (non-hydrogen) atoms. The molecule has 0 N–H and O–H groups in total.